The predicted octanol–water partition coefficient (Wildman–Crippen LogP) is 4.09. The molecule has 0 bridgehead atoms. The van der Waals surface area contributed by atoms with Gasteiger partial charge in [-0.15, -0.1) is 0 Å². The summed E-state index contributed by atoms with van der Waals surface area (Å²) in [7, 11) is 5.21. The molecule has 3 amide bonds. The van der Waals surface area contributed by atoms with Gasteiger partial charge in [-0.25, -0.2) is 4.79 Å². The number of amides is 3. The molecular weight excluding hydrogens is 442 g/mol. The first kappa shape index (κ1) is 23.9. The van der Waals surface area contributed by atoms with E-state index in [9.17, 15) is 9.59 Å². The molecule has 3 N–H and O–H groups in total. The maximum atomic E-state index is 13.2. The first-order chi connectivity index (χ1) is 15.9. The summed E-state index contributed by atoms with van der Waals surface area (Å²) in [5, 5.41) is 15.0. The first-order valence-corrected chi connectivity index (χ1v) is 10.6. The van der Waals surface area contributed by atoms with E-state index in [-0.39, 0.29) is 0 Å². The number of urea groups is 1. The summed E-state index contributed by atoms with van der Waals surface area (Å²) in [6.07, 6.45) is 6.06. The van der Waals surface area contributed by atoms with E-state index >= 15 is 0 Å². The van der Waals surface area contributed by atoms with E-state index in [1.165, 1.54) is 7.11 Å². The summed E-state index contributed by atoms with van der Waals surface area (Å²) >= 11 is 5.90. The molecule has 0 radical (unpaired) electrons. The van der Waals surface area contributed by atoms with Crippen LogP contribution >= 0.6 is 11.6 Å². The highest BCUT2D eigenvalue weighted by Crippen LogP contribution is 2.26. The molecule has 1 unspecified atom stereocenters. The Morgan fingerprint density at radius 3 is 2.42 bits per heavy atom. The van der Waals surface area contributed by atoms with Crippen LogP contribution in [0.4, 0.5) is 10.5 Å². The third-order valence-electron chi connectivity index (χ3n) is 4.67. The zero-order valence-electron chi connectivity index (χ0n) is 18.6. The summed E-state index contributed by atoms with van der Waals surface area (Å²) in [6.45, 7) is 0. The van der Waals surface area contributed by atoms with Crippen LogP contribution in [0.3, 0.4) is 0 Å². The molecule has 1 atom stereocenters. The van der Waals surface area contributed by atoms with Crippen LogP contribution in [0.15, 0.2) is 77.6 Å². The fraction of sp³-hybridized carbons (Fsp3) is 0.208. The highest BCUT2D eigenvalue weighted by molar-refractivity contribution is 6.30. The lowest BCUT2D eigenvalue weighted by Crippen LogP contribution is -2.42. The Hall–Kier alpha value is -3.78. The monoisotopic (exact) mass is 467 g/mol. The van der Waals surface area contributed by atoms with E-state index in [0.717, 1.165) is 5.71 Å². The second kappa shape index (κ2) is 11.2. The van der Waals surface area contributed by atoms with Crippen LogP contribution in [0, 0.1) is 0 Å². The topological polar surface area (TPSA) is 95.1 Å². The number of allylic oxidation sites excluding steroid dienone is 3. The minimum absolute atomic E-state index is 0.408. The molecule has 0 spiro atoms. The van der Waals surface area contributed by atoms with Crippen molar-refractivity contribution in [2.75, 3.05) is 26.5 Å². The average Bonchev–Trinajstić information content (AvgIpc) is 2.80. The molecule has 0 saturated heterocycles. The molecule has 0 aromatic heterocycles. The largest absolute Gasteiger partial charge is 0.496 e. The number of hydrazone groups is 1. The van der Waals surface area contributed by atoms with Crippen LogP contribution in [-0.2, 0) is 4.79 Å². The fourth-order valence-corrected chi connectivity index (χ4v) is 3.32. The second-order valence-corrected chi connectivity index (χ2v) is 7.84. The molecule has 9 heteroatoms. The van der Waals surface area contributed by atoms with Crippen molar-refractivity contribution >= 4 is 34.9 Å². The molecule has 0 heterocycles. The number of halogens is 1. The summed E-state index contributed by atoms with van der Waals surface area (Å²) in [5.74, 6) is 0.0765. The van der Waals surface area contributed by atoms with Gasteiger partial charge >= 0.3 is 6.03 Å². The minimum Gasteiger partial charge on any atom is -0.496 e. The van der Waals surface area contributed by atoms with Gasteiger partial charge in [0.15, 0.2) is 0 Å². The van der Waals surface area contributed by atoms with Gasteiger partial charge < -0.3 is 25.7 Å². The van der Waals surface area contributed by atoms with Crippen molar-refractivity contribution in [2.24, 2.45) is 5.10 Å². The minimum atomic E-state index is -1.00. The van der Waals surface area contributed by atoms with Gasteiger partial charge in [-0.1, -0.05) is 35.9 Å². The zero-order chi connectivity index (χ0) is 23.8. The van der Waals surface area contributed by atoms with Gasteiger partial charge in [0.2, 0.25) is 0 Å². The Morgan fingerprint density at radius 1 is 1.06 bits per heavy atom. The van der Waals surface area contributed by atoms with Crippen molar-refractivity contribution in [1.29, 1.82) is 0 Å². The van der Waals surface area contributed by atoms with Crippen LogP contribution < -0.4 is 20.7 Å². The van der Waals surface area contributed by atoms with Crippen LogP contribution in [0.25, 0.3) is 0 Å². The lowest BCUT2D eigenvalue weighted by molar-refractivity contribution is -0.122. The molecule has 2 aromatic carbocycles. The maximum Gasteiger partial charge on any atom is 0.320 e. The number of nitrogens with zero attached hydrogens (tertiary/aromatic N) is 2. The molecule has 0 aliphatic heterocycles. The zero-order valence-corrected chi connectivity index (χ0v) is 19.4. The standard InChI is InChI=1S/C24H26ClN5O3/c1-30(2)29-19-14-12-17(13-15-19)26-23(31)22(20-6-4-5-7-21(20)33-3)28-24(32)27-18-10-8-16(25)9-11-18/h4-14,22H,15H2,1-3H3,(H,26,31)(H2,27,28,32). The number of benzene rings is 2. The number of carbonyl (C=O) groups is 2. The molecule has 33 heavy (non-hydrogen) atoms. The second-order valence-electron chi connectivity index (χ2n) is 7.41. The smallest absolute Gasteiger partial charge is 0.320 e. The molecule has 0 saturated carbocycles. The molecule has 1 aliphatic carbocycles. The number of hydrogen-bond acceptors (Lipinski definition) is 5. The third kappa shape index (κ3) is 6.85. The number of para-hydroxylation sites is 1. The number of nitrogens with one attached hydrogen (secondary N) is 3. The summed E-state index contributed by atoms with van der Waals surface area (Å²) in [6, 6.07) is 12.2. The number of hydrogen-bond donors (Lipinski definition) is 3. The van der Waals surface area contributed by atoms with Crippen molar-refractivity contribution in [3.05, 3.63) is 83.0 Å². The number of rotatable bonds is 7. The van der Waals surface area contributed by atoms with E-state index in [0.29, 0.717) is 34.1 Å². The summed E-state index contributed by atoms with van der Waals surface area (Å²) < 4.78 is 5.42. The number of ether oxygens (including phenoxy) is 1. The van der Waals surface area contributed by atoms with Crippen molar-refractivity contribution in [2.45, 2.75) is 12.5 Å². The Kier molecular flexibility index (Phi) is 8.10. The van der Waals surface area contributed by atoms with E-state index in [2.05, 4.69) is 21.1 Å². The van der Waals surface area contributed by atoms with Gasteiger partial charge in [0.25, 0.3) is 5.91 Å². The lowest BCUT2D eigenvalue weighted by atomic mass is 10.0. The molecule has 0 fully saturated rings. The van der Waals surface area contributed by atoms with Crippen LogP contribution in [0.1, 0.15) is 18.0 Å². The quantitative estimate of drug-likeness (QED) is 0.534. The molecular formula is C24H26ClN5O3. The highest BCUT2D eigenvalue weighted by Gasteiger charge is 2.26. The Balaban J connectivity index is 1.78. The normalized spacial score (nSPS) is 14.8. The molecule has 172 valence electrons. The first-order valence-electron chi connectivity index (χ1n) is 10.3. The predicted molar refractivity (Wildman–Crippen MR) is 130 cm³/mol. The van der Waals surface area contributed by atoms with Gasteiger partial charge in [-0.3, -0.25) is 4.79 Å². The van der Waals surface area contributed by atoms with Gasteiger partial charge in [0, 0.05) is 42.5 Å². The Bertz CT molecular complexity index is 1090. The van der Waals surface area contributed by atoms with E-state index in [1.807, 2.05) is 26.2 Å². The average molecular weight is 468 g/mol. The van der Waals surface area contributed by atoms with Crippen LogP contribution in [0.2, 0.25) is 5.02 Å². The Labute approximate surface area is 197 Å². The van der Waals surface area contributed by atoms with Crippen molar-refractivity contribution in [1.82, 2.24) is 15.6 Å². The van der Waals surface area contributed by atoms with E-state index < -0.39 is 18.0 Å². The van der Waals surface area contributed by atoms with E-state index in [1.54, 1.807) is 59.6 Å². The summed E-state index contributed by atoms with van der Waals surface area (Å²) in [5.41, 5.74) is 2.57. The van der Waals surface area contributed by atoms with Crippen molar-refractivity contribution in [3.63, 3.8) is 0 Å². The van der Waals surface area contributed by atoms with Gasteiger partial charge in [0.05, 0.1) is 12.8 Å². The van der Waals surface area contributed by atoms with Gasteiger partial charge in [0.1, 0.15) is 11.8 Å². The molecule has 1 aliphatic rings. The lowest BCUT2D eigenvalue weighted by Gasteiger charge is -2.22. The molecule has 8 nitrogen and oxygen atoms in total. The van der Waals surface area contributed by atoms with Crippen molar-refractivity contribution < 1.29 is 14.3 Å². The number of carbonyl (C=O) groups excluding carboxylic acids is 2. The summed E-state index contributed by atoms with van der Waals surface area (Å²) in [4.78, 5) is 25.9. The van der Waals surface area contributed by atoms with Gasteiger partial charge in [-0.05, 0) is 42.5 Å². The number of anilines is 1. The van der Waals surface area contributed by atoms with Gasteiger partial charge in [-0.2, -0.15) is 5.10 Å². The van der Waals surface area contributed by atoms with Crippen LogP contribution in [-0.4, -0.2) is 43.9 Å². The maximum absolute atomic E-state index is 13.2. The number of methoxy groups -OCH3 is 1. The third-order valence-corrected chi connectivity index (χ3v) is 4.92. The van der Waals surface area contributed by atoms with E-state index in [4.69, 9.17) is 16.3 Å². The highest BCUT2D eigenvalue weighted by atomic mass is 35.5. The van der Waals surface area contributed by atoms with Crippen LogP contribution in [0.5, 0.6) is 5.75 Å². The molecule has 3 rings (SSSR count). The molecule has 2 aromatic rings. The fourth-order valence-electron chi connectivity index (χ4n) is 3.20. The Morgan fingerprint density at radius 2 is 1.79 bits per heavy atom. The SMILES string of the molecule is COc1ccccc1C(NC(=O)Nc1ccc(Cl)cc1)C(=O)NC1=CCC(=NN(C)C)C=C1. The van der Waals surface area contributed by atoms with Crippen molar-refractivity contribution in [3.8, 4) is 5.75 Å².